The molecule has 64 valence electrons. The molecule has 0 spiro atoms. The fourth-order valence-electron chi connectivity index (χ4n) is 0.284. The highest BCUT2D eigenvalue weighted by Crippen LogP contribution is 2.08. The minimum atomic E-state index is -2.49. The van der Waals surface area contributed by atoms with Gasteiger partial charge < -0.3 is 14.8 Å². The van der Waals surface area contributed by atoms with Crippen LogP contribution in [-0.4, -0.2) is 29.9 Å². The van der Waals surface area contributed by atoms with E-state index in [1.165, 1.54) is 0 Å². The molecule has 0 amide bonds. The molecule has 0 saturated carbocycles. The van der Waals surface area contributed by atoms with Gasteiger partial charge in [0.15, 0.2) is 16.0 Å². The minimum absolute atomic E-state index is 0.605. The third-order valence-electron chi connectivity index (χ3n) is 0.889. The van der Waals surface area contributed by atoms with Crippen LogP contribution in [-0.2, 0) is 15.9 Å². The number of hydrogen-bond donors (Lipinski definition) is 3. The number of carboxylic acid groups (broad SMARTS) is 1. The molecule has 5 nitrogen and oxygen atoms in total. The van der Waals surface area contributed by atoms with Gasteiger partial charge in [-0.15, -0.1) is 0 Å². The summed E-state index contributed by atoms with van der Waals surface area (Å²) in [7, 11) is 0. The predicted octanol–water partition coefficient (Wildman–Crippen LogP) is -0.443. The molecule has 0 aromatic carbocycles. The molecule has 0 aliphatic rings. The van der Waals surface area contributed by atoms with Crippen molar-refractivity contribution in [2.75, 3.05) is 0 Å². The van der Waals surface area contributed by atoms with Crippen LogP contribution in [0.2, 0.25) is 0 Å². The molecular formula is C5H8O5S. The lowest BCUT2D eigenvalue weighted by molar-refractivity contribution is -0.131. The Kier molecular flexibility index (Phi) is 3.37. The topological polar surface area (TPSA) is 94.8 Å². The zero-order valence-corrected chi connectivity index (χ0v) is 6.54. The van der Waals surface area contributed by atoms with E-state index in [1.54, 1.807) is 0 Å². The molecule has 2 atom stereocenters. The molecule has 3 N–H and O–H groups in total. The lowest BCUT2D eigenvalue weighted by Crippen LogP contribution is -2.26. The maximum absolute atomic E-state index is 10.3. The average molecular weight is 180 g/mol. The van der Waals surface area contributed by atoms with Crippen molar-refractivity contribution < 1.29 is 23.8 Å². The summed E-state index contributed by atoms with van der Waals surface area (Å²) in [6.45, 7) is 1.03. The van der Waals surface area contributed by atoms with Gasteiger partial charge in [0.05, 0.1) is 0 Å². The van der Waals surface area contributed by atoms with Crippen LogP contribution in [0.15, 0.2) is 12.2 Å². The molecule has 11 heavy (non-hydrogen) atoms. The summed E-state index contributed by atoms with van der Waals surface area (Å²) < 4.78 is 18.6. The van der Waals surface area contributed by atoms with E-state index < -0.39 is 22.0 Å². The van der Waals surface area contributed by atoms with Crippen molar-refractivity contribution in [2.24, 2.45) is 0 Å². The lowest BCUT2D eigenvalue weighted by Gasteiger charge is -2.11. The van der Waals surface area contributed by atoms with Crippen molar-refractivity contribution in [1.29, 1.82) is 0 Å². The Bertz CT molecular complexity index is 207. The summed E-state index contributed by atoms with van der Waals surface area (Å²) in [6, 6.07) is 0. The monoisotopic (exact) mass is 180 g/mol. The molecule has 0 fully saturated rings. The summed E-state index contributed by atoms with van der Waals surface area (Å²) in [5.74, 6) is -1.28. The SMILES string of the molecule is CC(O)(C=CC(=O)O)S(=O)O. The van der Waals surface area contributed by atoms with Crippen molar-refractivity contribution in [3.05, 3.63) is 12.2 Å². The Balaban J connectivity index is 4.35. The van der Waals surface area contributed by atoms with E-state index in [-0.39, 0.29) is 0 Å². The van der Waals surface area contributed by atoms with Crippen LogP contribution in [0.4, 0.5) is 0 Å². The third kappa shape index (κ3) is 3.87. The predicted molar refractivity (Wildman–Crippen MR) is 38.2 cm³/mol. The normalized spacial score (nSPS) is 19.5. The van der Waals surface area contributed by atoms with E-state index in [9.17, 15) is 9.00 Å². The van der Waals surface area contributed by atoms with Gasteiger partial charge in [0, 0.05) is 6.08 Å². The van der Waals surface area contributed by atoms with Crippen LogP contribution in [0.25, 0.3) is 0 Å². The van der Waals surface area contributed by atoms with Crippen LogP contribution in [0, 0.1) is 0 Å². The molecule has 0 aromatic heterocycles. The van der Waals surface area contributed by atoms with Gasteiger partial charge in [-0.25, -0.2) is 9.00 Å². The van der Waals surface area contributed by atoms with Crippen molar-refractivity contribution in [3.8, 4) is 0 Å². The largest absolute Gasteiger partial charge is 0.478 e. The first-order valence-corrected chi connectivity index (χ1v) is 3.72. The Morgan fingerprint density at radius 3 is 2.36 bits per heavy atom. The standard InChI is InChI=1S/C5H8O5S/c1-5(8,11(9)10)3-2-4(6)7/h2-3,8H,1H3,(H,6,7)(H,9,10). The number of rotatable bonds is 3. The zero-order chi connectivity index (χ0) is 9.07. The second kappa shape index (κ2) is 3.61. The Morgan fingerprint density at radius 2 is 2.09 bits per heavy atom. The fraction of sp³-hybridized carbons (Fsp3) is 0.400. The molecule has 6 heteroatoms. The average Bonchev–Trinajstić information content (AvgIpc) is 1.84. The molecule has 2 unspecified atom stereocenters. The van der Waals surface area contributed by atoms with E-state index in [2.05, 4.69) is 0 Å². The fourth-order valence-corrected chi connectivity index (χ4v) is 0.469. The van der Waals surface area contributed by atoms with E-state index in [4.69, 9.17) is 14.8 Å². The molecule has 0 aliphatic heterocycles. The molecule has 0 aliphatic carbocycles. The van der Waals surface area contributed by atoms with Crippen LogP contribution in [0.1, 0.15) is 6.92 Å². The maximum Gasteiger partial charge on any atom is 0.328 e. The van der Waals surface area contributed by atoms with Gasteiger partial charge in [-0.3, -0.25) is 0 Å². The quantitative estimate of drug-likeness (QED) is 0.404. The van der Waals surface area contributed by atoms with Gasteiger partial charge in [0.2, 0.25) is 0 Å². The Morgan fingerprint density at radius 1 is 1.64 bits per heavy atom. The summed E-state index contributed by atoms with van der Waals surface area (Å²) in [6.07, 6.45) is 1.35. The molecule has 0 rings (SSSR count). The molecule has 0 saturated heterocycles. The Labute approximate surface area is 65.6 Å². The zero-order valence-electron chi connectivity index (χ0n) is 5.72. The van der Waals surface area contributed by atoms with E-state index in [1.807, 2.05) is 0 Å². The highest BCUT2D eigenvalue weighted by molar-refractivity contribution is 7.80. The third-order valence-corrected chi connectivity index (χ3v) is 1.73. The smallest absolute Gasteiger partial charge is 0.328 e. The van der Waals surface area contributed by atoms with Crippen LogP contribution in [0.5, 0.6) is 0 Å². The second-order valence-corrected chi connectivity index (χ2v) is 3.30. The molecule has 0 bridgehead atoms. The highest BCUT2D eigenvalue weighted by atomic mass is 32.2. The van der Waals surface area contributed by atoms with Crippen molar-refractivity contribution >= 4 is 17.0 Å². The highest BCUT2D eigenvalue weighted by Gasteiger charge is 2.23. The van der Waals surface area contributed by atoms with Crippen LogP contribution < -0.4 is 0 Å². The van der Waals surface area contributed by atoms with E-state index in [0.717, 1.165) is 13.0 Å². The summed E-state index contributed by atoms with van der Waals surface area (Å²) >= 11 is -2.49. The van der Waals surface area contributed by atoms with Gasteiger partial charge >= 0.3 is 5.97 Å². The summed E-state index contributed by atoms with van der Waals surface area (Å²) in [5.41, 5.74) is 0. The molecule has 0 radical (unpaired) electrons. The molecule has 0 heterocycles. The van der Waals surface area contributed by atoms with Crippen molar-refractivity contribution in [1.82, 2.24) is 0 Å². The van der Waals surface area contributed by atoms with Gasteiger partial charge in [-0.2, -0.15) is 0 Å². The van der Waals surface area contributed by atoms with Gasteiger partial charge in [0.1, 0.15) is 0 Å². The number of carbonyl (C=O) groups is 1. The molecule has 0 aromatic rings. The van der Waals surface area contributed by atoms with Crippen molar-refractivity contribution in [2.45, 2.75) is 11.9 Å². The first-order chi connectivity index (χ1) is 4.86. The van der Waals surface area contributed by atoms with Gasteiger partial charge in [0.25, 0.3) is 0 Å². The van der Waals surface area contributed by atoms with Crippen LogP contribution in [0.3, 0.4) is 0 Å². The summed E-state index contributed by atoms with van der Waals surface area (Å²) in [5, 5.41) is 17.0. The first-order valence-electron chi connectivity index (χ1n) is 2.62. The maximum atomic E-state index is 10.3. The van der Waals surface area contributed by atoms with Gasteiger partial charge in [-0.1, -0.05) is 0 Å². The van der Waals surface area contributed by atoms with E-state index >= 15 is 0 Å². The summed E-state index contributed by atoms with van der Waals surface area (Å²) in [4.78, 5) is 7.89. The number of carboxylic acids is 1. The van der Waals surface area contributed by atoms with Gasteiger partial charge in [-0.05, 0) is 13.0 Å². The molecular weight excluding hydrogens is 172 g/mol. The number of aliphatic hydroxyl groups is 1. The lowest BCUT2D eigenvalue weighted by atomic mass is 10.3. The van der Waals surface area contributed by atoms with Crippen molar-refractivity contribution in [3.63, 3.8) is 0 Å². The number of hydrogen-bond acceptors (Lipinski definition) is 3. The van der Waals surface area contributed by atoms with Crippen LogP contribution >= 0.6 is 0 Å². The first kappa shape index (κ1) is 10.3. The second-order valence-electron chi connectivity index (χ2n) is 1.98. The number of aliphatic carboxylic acids is 1. The minimum Gasteiger partial charge on any atom is -0.478 e. The van der Waals surface area contributed by atoms with E-state index in [0.29, 0.717) is 6.08 Å². The Hall–Kier alpha value is -0.720.